The predicted molar refractivity (Wildman–Crippen MR) is 56.1 cm³/mol. The molecule has 0 atom stereocenters. The van der Waals surface area contributed by atoms with Gasteiger partial charge in [0.1, 0.15) is 18.1 Å². The van der Waals surface area contributed by atoms with E-state index in [1.807, 2.05) is 0 Å². The van der Waals surface area contributed by atoms with Gasteiger partial charge in [0, 0.05) is 7.05 Å². The standard InChI is InChI=1S/C9H11F3N4O/c1-16(5-9(10,11)12)7-4-2-3-6(14-7)8(13)15-17/h2-4,17H,5H2,1H3,(H2,13,15). The fourth-order valence-electron chi connectivity index (χ4n) is 1.18. The lowest BCUT2D eigenvalue weighted by atomic mass is 10.3. The molecular weight excluding hydrogens is 237 g/mol. The van der Waals surface area contributed by atoms with E-state index < -0.39 is 12.7 Å². The van der Waals surface area contributed by atoms with Crippen molar-refractivity contribution in [3.63, 3.8) is 0 Å². The van der Waals surface area contributed by atoms with Crippen LogP contribution in [-0.4, -0.2) is 35.8 Å². The van der Waals surface area contributed by atoms with Crippen molar-refractivity contribution in [2.24, 2.45) is 10.9 Å². The predicted octanol–water partition coefficient (Wildman–Crippen LogP) is 1.17. The molecule has 0 radical (unpaired) electrons. The smallest absolute Gasteiger partial charge is 0.405 e. The molecule has 1 heterocycles. The number of hydrogen-bond acceptors (Lipinski definition) is 4. The molecule has 3 N–H and O–H groups in total. The molecule has 0 amide bonds. The highest BCUT2D eigenvalue weighted by Gasteiger charge is 2.29. The van der Waals surface area contributed by atoms with Crippen molar-refractivity contribution >= 4 is 11.7 Å². The number of aromatic nitrogens is 1. The first-order valence-corrected chi connectivity index (χ1v) is 4.56. The van der Waals surface area contributed by atoms with Crippen molar-refractivity contribution in [1.82, 2.24) is 4.98 Å². The highest BCUT2D eigenvalue weighted by atomic mass is 19.4. The van der Waals surface area contributed by atoms with Gasteiger partial charge in [-0.05, 0) is 12.1 Å². The Hall–Kier alpha value is -1.99. The molecule has 1 aromatic heterocycles. The number of rotatable bonds is 3. The van der Waals surface area contributed by atoms with Gasteiger partial charge in [0.25, 0.3) is 0 Å². The Balaban J connectivity index is 2.92. The second-order valence-corrected chi connectivity index (χ2v) is 3.34. The molecule has 0 fully saturated rings. The summed E-state index contributed by atoms with van der Waals surface area (Å²) in [5.41, 5.74) is 5.40. The highest BCUT2D eigenvalue weighted by molar-refractivity contribution is 5.95. The van der Waals surface area contributed by atoms with Gasteiger partial charge in [-0.15, -0.1) is 0 Å². The molecule has 0 spiro atoms. The summed E-state index contributed by atoms with van der Waals surface area (Å²) in [6.07, 6.45) is -4.32. The molecule has 8 heteroatoms. The second-order valence-electron chi connectivity index (χ2n) is 3.34. The second kappa shape index (κ2) is 4.89. The van der Waals surface area contributed by atoms with E-state index in [9.17, 15) is 13.2 Å². The van der Waals surface area contributed by atoms with Gasteiger partial charge in [-0.1, -0.05) is 11.2 Å². The third-order valence-corrected chi connectivity index (χ3v) is 1.91. The maximum Gasteiger partial charge on any atom is 0.405 e. The first-order valence-electron chi connectivity index (χ1n) is 4.56. The number of oxime groups is 1. The number of alkyl halides is 3. The van der Waals surface area contributed by atoms with Crippen LogP contribution in [0, 0.1) is 0 Å². The van der Waals surface area contributed by atoms with E-state index in [2.05, 4.69) is 10.1 Å². The summed E-state index contributed by atoms with van der Waals surface area (Å²) in [6.45, 7) is -1.13. The van der Waals surface area contributed by atoms with Gasteiger partial charge in [-0.2, -0.15) is 13.2 Å². The van der Waals surface area contributed by atoms with E-state index >= 15 is 0 Å². The van der Waals surface area contributed by atoms with E-state index in [-0.39, 0.29) is 17.3 Å². The molecule has 1 rings (SSSR count). The molecule has 0 aliphatic rings. The Kier molecular flexibility index (Phi) is 3.77. The number of nitrogens with two attached hydrogens (primary N) is 1. The lowest BCUT2D eigenvalue weighted by Gasteiger charge is -2.20. The van der Waals surface area contributed by atoms with E-state index in [0.717, 1.165) is 4.90 Å². The molecule has 0 aliphatic heterocycles. The van der Waals surface area contributed by atoms with E-state index in [1.54, 1.807) is 0 Å². The van der Waals surface area contributed by atoms with Gasteiger partial charge in [0.05, 0.1) is 0 Å². The van der Waals surface area contributed by atoms with Gasteiger partial charge in [-0.25, -0.2) is 4.98 Å². The van der Waals surface area contributed by atoms with Crippen molar-refractivity contribution in [3.8, 4) is 0 Å². The number of amidine groups is 1. The first kappa shape index (κ1) is 13.1. The van der Waals surface area contributed by atoms with Crippen molar-refractivity contribution in [2.75, 3.05) is 18.5 Å². The van der Waals surface area contributed by atoms with Crippen LogP contribution < -0.4 is 10.6 Å². The zero-order valence-electron chi connectivity index (χ0n) is 8.94. The van der Waals surface area contributed by atoms with Crippen molar-refractivity contribution in [1.29, 1.82) is 0 Å². The van der Waals surface area contributed by atoms with Crippen LogP contribution in [0.1, 0.15) is 5.69 Å². The molecule has 0 saturated heterocycles. The quantitative estimate of drug-likeness (QED) is 0.364. The first-order chi connectivity index (χ1) is 7.83. The summed E-state index contributed by atoms with van der Waals surface area (Å²) < 4.78 is 36.5. The fraction of sp³-hybridized carbons (Fsp3) is 0.333. The molecular formula is C9H11F3N4O. The Bertz CT molecular complexity index is 419. The molecule has 5 nitrogen and oxygen atoms in total. The normalized spacial score (nSPS) is 12.6. The maximum atomic E-state index is 12.2. The van der Waals surface area contributed by atoms with Crippen LogP contribution in [-0.2, 0) is 0 Å². The van der Waals surface area contributed by atoms with Gasteiger partial charge >= 0.3 is 6.18 Å². The minimum atomic E-state index is -4.32. The third-order valence-electron chi connectivity index (χ3n) is 1.91. The Morgan fingerprint density at radius 2 is 2.18 bits per heavy atom. The summed E-state index contributed by atoms with van der Waals surface area (Å²) in [5, 5.41) is 11.2. The summed E-state index contributed by atoms with van der Waals surface area (Å²) in [6, 6.07) is 4.31. The molecule has 1 aromatic rings. The number of anilines is 1. The Labute approximate surface area is 95.4 Å². The average molecular weight is 248 g/mol. The van der Waals surface area contributed by atoms with Crippen LogP contribution >= 0.6 is 0 Å². The van der Waals surface area contributed by atoms with Crippen LogP contribution in [0.4, 0.5) is 19.0 Å². The van der Waals surface area contributed by atoms with Crippen LogP contribution in [0.25, 0.3) is 0 Å². The minimum Gasteiger partial charge on any atom is -0.409 e. The Morgan fingerprint density at radius 1 is 1.53 bits per heavy atom. The van der Waals surface area contributed by atoms with E-state index in [4.69, 9.17) is 10.9 Å². The molecule has 17 heavy (non-hydrogen) atoms. The maximum absolute atomic E-state index is 12.2. The summed E-state index contributed by atoms with van der Waals surface area (Å²) in [5.74, 6) is -0.168. The van der Waals surface area contributed by atoms with E-state index in [1.165, 1.54) is 25.2 Å². The summed E-state index contributed by atoms with van der Waals surface area (Å²) >= 11 is 0. The lowest BCUT2D eigenvalue weighted by Crippen LogP contribution is -2.31. The van der Waals surface area contributed by atoms with Gasteiger partial charge in [0.2, 0.25) is 0 Å². The summed E-state index contributed by atoms with van der Waals surface area (Å²) in [4.78, 5) is 4.76. The SMILES string of the molecule is CN(CC(F)(F)F)c1cccc(C(N)=NO)n1. The van der Waals surface area contributed by atoms with Gasteiger partial charge in [-0.3, -0.25) is 0 Å². The number of halogens is 3. The monoisotopic (exact) mass is 248 g/mol. The lowest BCUT2D eigenvalue weighted by molar-refractivity contribution is -0.119. The molecule has 94 valence electrons. The Morgan fingerprint density at radius 3 is 2.71 bits per heavy atom. The number of pyridine rings is 1. The van der Waals surface area contributed by atoms with Gasteiger partial charge < -0.3 is 15.8 Å². The molecule has 0 aromatic carbocycles. The van der Waals surface area contributed by atoms with Crippen molar-refractivity contribution < 1.29 is 18.4 Å². The topological polar surface area (TPSA) is 74.7 Å². The van der Waals surface area contributed by atoms with Gasteiger partial charge in [0.15, 0.2) is 5.84 Å². The molecule has 0 aliphatic carbocycles. The van der Waals surface area contributed by atoms with Crippen molar-refractivity contribution in [3.05, 3.63) is 23.9 Å². The fourth-order valence-corrected chi connectivity index (χ4v) is 1.18. The minimum absolute atomic E-state index is 0.0893. The van der Waals surface area contributed by atoms with Crippen molar-refractivity contribution in [2.45, 2.75) is 6.18 Å². The zero-order chi connectivity index (χ0) is 13.1. The summed E-state index contributed by atoms with van der Waals surface area (Å²) in [7, 11) is 1.26. The number of hydrogen-bond donors (Lipinski definition) is 2. The molecule has 0 bridgehead atoms. The number of nitrogens with zero attached hydrogens (tertiary/aromatic N) is 3. The van der Waals surface area contributed by atoms with Crippen LogP contribution in [0.5, 0.6) is 0 Å². The molecule has 0 saturated carbocycles. The highest BCUT2D eigenvalue weighted by Crippen LogP contribution is 2.19. The molecule has 0 unspecified atom stereocenters. The van der Waals surface area contributed by atoms with E-state index in [0.29, 0.717) is 0 Å². The average Bonchev–Trinajstić information content (AvgIpc) is 2.26. The van der Waals surface area contributed by atoms with Crippen LogP contribution in [0.3, 0.4) is 0 Å². The zero-order valence-corrected chi connectivity index (χ0v) is 8.94. The van der Waals surface area contributed by atoms with Crippen LogP contribution in [0.2, 0.25) is 0 Å². The van der Waals surface area contributed by atoms with Crippen LogP contribution in [0.15, 0.2) is 23.4 Å². The largest absolute Gasteiger partial charge is 0.409 e. The third kappa shape index (κ3) is 3.82.